The van der Waals surface area contributed by atoms with Gasteiger partial charge >= 0.3 is 0 Å². The SMILES string of the molecule is Cn1c(=O)c(C(=O)C[C@H](Nc2ccc([NH+]([O-])O)cc2)c2c(O)ccc3ccccc23)c(O)c2ccccc21. The van der Waals surface area contributed by atoms with Crippen molar-refractivity contribution in [2.45, 2.75) is 12.5 Å². The number of rotatable bonds is 7. The number of para-hydroxylation sites is 1. The number of ketones is 1. The van der Waals surface area contributed by atoms with Crippen molar-refractivity contribution >= 4 is 38.8 Å². The van der Waals surface area contributed by atoms with Crippen molar-refractivity contribution in [3.63, 3.8) is 0 Å². The number of pyridine rings is 1. The van der Waals surface area contributed by atoms with Crippen molar-refractivity contribution in [3.8, 4) is 11.5 Å². The Labute approximate surface area is 217 Å². The van der Waals surface area contributed by atoms with Gasteiger partial charge in [-0.2, -0.15) is 5.23 Å². The van der Waals surface area contributed by atoms with Crippen LogP contribution in [0.25, 0.3) is 21.7 Å². The molecule has 9 nitrogen and oxygen atoms in total. The van der Waals surface area contributed by atoms with Gasteiger partial charge < -0.3 is 25.3 Å². The van der Waals surface area contributed by atoms with Crippen LogP contribution in [-0.4, -0.2) is 25.8 Å². The summed E-state index contributed by atoms with van der Waals surface area (Å²) in [7, 11) is 1.54. The number of aryl methyl sites for hydroxylation is 1. The second-order valence-electron chi connectivity index (χ2n) is 9.03. The molecule has 0 aliphatic carbocycles. The third-order valence-electron chi connectivity index (χ3n) is 6.71. The van der Waals surface area contributed by atoms with Gasteiger partial charge in [0, 0.05) is 42.2 Å². The van der Waals surface area contributed by atoms with Gasteiger partial charge in [0.25, 0.3) is 5.56 Å². The molecule has 0 bridgehead atoms. The Balaban J connectivity index is 1.62. The molecule has 5 N–H and O–H groups in total. The maximum atomic E-state index is 13.7. The number of phenolic OH excluding ortho intramolecular Hbond substituents is 1. The van der Waals surface area contributed by atoms with Crippen molar-refractivity contribution in [1.29, 1.82) is 0 Å². The molecule has 1 unspecified atom stereocenters. The lowest BCUT2D eigenvalue weighted by Gasteiger charge is -2.23. The summed E-state index contributed by atoms with van der Waals surface area (Å²) in [4.78, 5) is 26.8. The van der Waals surface area contributed by atoms with E-state index in [4.69, 9.17) is 0 Å². The van der Waals surface area contributed by atoms with Gasteiger partial charge in [-0.3, -0.25) is 9.59 Å². The Morgan fingerprint density at radius 3 is 2.32 bits per heavy atom. The molecule has 9 heteroatoms. The van der Waals surface area contributed by atoms with Crippen molar-refractivity contribution in [2.75, 3.05) is 5.32 Å². The van der Waals surface area contributed by atoms with E-state index >= 15 is 0 Å². The molecule has 0 aliphatic heterocycles. The fraction of sp³-hybridized carbons (Fsp3) is 0.103. The van der Waals surface area contributed by atoms with E-state index in [1.165, 1.54) is 29.8 Å². The van der Waals surface area contributed by atoms with Gasteiger partial charge in [-0.05, 0) is 41.1 Å². The number of quaternary nitrogens is 1. The summed E-state index contributed by atoms with van der Waals surface area (Å²) in [6.07, 6.45) is -0.274. The molecular weight excluding hydrogens is 486 g/mol. The van der Waals surface area contributed by atoms with Crippen LogP contribution in [0.2, 0.25) is 0 Å². The standard InChI is InChI=1S/C29H25N3O6/c1-31-23-9-5-4-8-21(23)28(35)27(29(31)36)25(34)16-22(30-18-11-13-19(14-12-18)32(37)38)26-20-7-3-2-6-17(20)10-15-24(26)33/h2-15,22,30,32-33,35,37H,16H2,1H3/t22-/m0/s1. The molecule has 0 aliphatic rings. The Kier molecular flexibility index (Phi) is 6.56. The minimum atomic E-state index is -1.07. The zero-order valence-corrected chi connectivity index (χ0v) is 20.4. The van der Waals surface area contributed by atoms with E-state index in [1.54, 1.807) is 42.5 Å². The van der Waals surface area contributed by atoms with E-state index in [2.05, 4.69) is 5.32 Å². The molecular formula is C29H25N3O6. The maximum Gasteiger partial charge on any atom is 0.265 e. The number of hydrogen-bond donors (Lipinski definition) is 5. The van der Waals surface area contributed by atoms with Gasteiger partial charge in [-0.25, -0.2) is 5.21 Å². The smallest absolute Gasteiger partial charge is 0.265 e. The Hall–Kier alpha value is -4.70. The van der Waals surface area contributed by atoms with Crippen LogP contribution in [0.4, 0.5) is 11.4 Å². The molecule has 5 rings (SSSR count). The summed E-state index contributed by atoms with van der Waals surface area (Å²) in [5, 5.41) is 46.4. The first-order valence-corrected chi connectivity index (χ1v) is 11.9. The van der Waals surface area contributed by atoms with E-state index in [-0.39, 0.29) is 29.2 Å². The average molecular weight is 512 g/mol. The number of Topliss-reactive ketones (excluding diaryl/α,β-unsaturated/α-hetero) is 1. The van der Waals surface area contributed by atoms with E-state index in [9.17, 15) is 30.2 Å². The summed E-state index contributed by atoms with van der Waals surface area (Å²) < 4.78 is 1.32. The van der Waals surface area contributed by atoms with Crippen molar-refractivity contribution < 1.29 is 25.4 Å². The predicted molar refractivity (Wildman–Crippen MR) is 144 cm³/mol. The Bertz CT molecular complexity index is 1730. The normalized spacial score (nSPS) is 12.9. The van der Waals surface area contributed by atoms with Gasteiger partial charge in [0.15, 0.2) is 11.5 Å². The summed E-state index contributed by atoms with van der Waals surface area (Å²) in [6.45, 7) is 0. The first kappa shape index (κ1) is 25.0. The molecule has 0 radical (unpaired) electrons. The summed E-state index contributed by atoms with van der Waals surface area (Å²) in [5.74, 6) is -1.05. The minimum absolute atomic E-state index is 0.0493. The van der Waals surface area contributed by atoms with E-state index in [1.807, 2.05) is 24.3 Å². The maximum absolute atomic E-state index is 13.7. The number of aromatic nitrogens is 1. The molecule has 2 atom stereocenters. The lowest BCUT2D eigenvalue weighted by molar-refractivity contribution is -0.991. The highest BCUT2D eigenvalue weighted by Gasteiger charge is 2.27. The van der Waals surface area contributed by atoms with Gasteiger partial charge in [0.1, 0.15) is 17.1 Å². The highest BCUT2D eigenvalue weighted by Crippen LogP contribution is 2.37. The molecule has 0 fully saturated rings. The third kappa shape index (κ3) is 4.46. The zero-order chi connectivity index (χ0) is 27.0. The molecule has 0 spiro atoms. The Morgan fingerprint density at radius 1 is 0.947 bits per heavy atom. The monoisotopic (exact) mass is 511 g/mol. The molecule has 192 valence electrons. The van der Waals surface area contributed by atoms with E-state index in [0.717, 1.165) is 5.39 Å². The quantitative estimate of drug-likeness (QED) is 0.165. The third-order valence-corrected chi connectivity index (χ3v) is 6.71. The second-order valence-corrected chi connectivity index (χ2v) is 9.03. The first-order valence-electron chi connectivity index (χ1n) is 11.9. The first-order chi connectivity index (χ1) is 18.3. The van der Waals surface area contributed by atoms with Crippen LogP contribution in [0.5, 0.6) is 11.5 Å². The fourth-order valence-electron chi connectivity index (χ4n) is 4.80. The summed E-state index contributed by atoms with van der Waals surface area (Å²) in [5.41, 5.74) is 0.579. The molecule has 4 aromatic carbocycles. The average Bonchev–Trinajstić information content (AvgIpc) is 2.92. The Morgan fingerprint density at radius 2 is 1.61 bits per heavy atom. The zero-order valence-electron chi connectivity index (χ0n) is 20.4. The van der Waals surface area contributed by atoms with Crippen LogP contribution in [0.3, 0.4) is 0 Å². The number of fused-ring (bicyclic) bond motifs is 2. The number of nitrogens with one attached hydrogen (secondary N) is 2. The number of hydrogen-bond acceptors (Lipinski definition) is 7. The topological polar surface area (TPSA) is 139 Å². The van der Waals surface area contributed by atoms with Crippen LogP contribution < -0.4 is 16.1 Å². The van der Waals surface area contributed by atoms with Crippen LogP contribution in [0, 0.1) is 5.21 Å². The molecule has 0 amide bonds. The van der Waals surface area contributed by atoms with Gasteiger partial charge in [-0.15, -0.1) is 0 Å². The van der Waals surface area contributed by atoms with Crippen LogP contribution in [0.15, 0.2) is 89.7 Å². The lowest BCUT2D eigenvalue weighted by atomic mass is 9.92. The van der Waals surface area contributed by atoms with Crippen LogP contribution >= 0.6 is 0 Å². The number of aromatic hydroxyl groups is 2. The van der Waals surface area contributed by atoms with Gasteiger partial charge in [-0.1, -0.05) is 42.5 Å². The number of phenols is 1. The van der Waals surface area contributed by atoms with Crippen molar-refractivity contribution in [1.82, 2.24) is 4.57 Å². The molecule has 0 saturated carbocycles. The summed E-state index contributed by atoms with van der Waals surface area (Å²) >= 11 is 0. The molecule has 1 heterocycles. The lowest BCUT2D eigenvalue weighted by Crippen LogP contribution is -2.99. The van der Waals surface area contributed by atoms with Gasteiger partial charge in [0.2, 0.25) is 0 Å². The largest absolute Gasteiger partial charge is 0.595 e. The minimum Gasteiger partial charge on any atom is -0.595 e. The van der Waals surface area contributed by atoms with E-state index in [0.29, 0.717) is 27.5 Å². The molecule has 0 saturated heterocycles. The predicted octanol–water partition coefficient (Wildman–Crippen LogP) is 3.93. The number of nitrogens with zero attached hydrogens (tertiary/aromatic N) is 1. The highest BCUT2D eigenvalue weighted by atomic mass is 16.8. The molecule has 5 aromatic rings. The van der Waals surface area contributed by atoms with Crippen molar-refractivity contribution in [3.05, 3.63) is 112 Å². The highest BCUT2D eigenvalue weighted by molar-refractivity contribution is 6.04. The van der Waals surface area contributed by atoms with Crippen molar-refractivity contribution in [2.24, 2.45) is 7.05 Å². The summed E-state index contributed by atoms with van der Waals surface area (Å²) in [6, 6.07) is 22.6. The van der Waals surface area contributed by atoms with E-state index < -0.39 is 22.6 Å². The fourth-order valence-corrected chi connectivity index (χ4v) is 4.80. The van der Waals surface area contributed by atoms with Gasteiger partial charge in [0.05, 0.1) is 11.6 Å². The number of carbonyl (C=O) groups excluding carboxylic acids is 1. The second kappa shape index (κ2) is 9.98. The molecule has 1 aromatic heterocycles. The number of benzene rings is 4. The number of carbonyl (C=O) groups is 1. The number of anilines is 1. The molecule has 38 heavy (non-hydrogen) atoms. The van der Waals surface area contributed by atoms with Crippen LogP contribution in [-0.2, 0) is 7.05 Å². The van der Waals surface area contributed by atoms with Crippen LogP contribution in [0.1, 0.15) is 28.4 Å².